The first kappa shape index (κ1) is 17.1. The summed E-state index contributed by atoms with van der Waals surface area (Å²) in [6.45, 7) is 3.71. The van der Waals surface area contributed by atoms with Gasteiger partial charge in [-0.05, 0) is 5.56 Å². The highest BCUT2D eigenvalue weighted by atomic mass is 16.8. The minimum atomic E-state index is -0.821. The number of primary amides is 1. The molecule has 1 aromatic rings. The molecule has 1 rings (SSSR count). The van der Waals surface area contributed by atoms with Gasteiger partial charge in [0.25, 0.3) is 5.91 Å². The van der Waals surface area contributed by atoms with Crippen LogP contribution in [-0.2, 0) is 21.0 Å². The van der Waals surface area contributed by atoms with Gasteiger partial charge in [-0.25, -0.2) is 0 Å². The lowest BCUT2D eigenvalue weighted by molar-refractivity contribution is -1.04. The summed E-state index contributed by atoms with van der Waals surface area (Å²) in [6, 6.07) is 8.46. The molecule has 0 fully saturated rings. The Labute approximate surface area is 125 Å². The molecule has 2 N–H and O–H groups in total. The highest BCUT2D eigenvalue weighted by Gasteiger charge is 2.49. The maximum atomic E-state index is 12.3. The Morgan fingerprint density at radius 1 is 1.24 bits per heavy atom. The predicted octanol–water partition coefficient (Wildman–Crippen LogP) is 1.84. The van der Waals surface area contributed by atoms with Crippen molar-refractivity contribution in [2.24, 2.45) is 11.7 Å². The first-order valence-electron chi connectivity index (χ1n) is 6.75. The molecule has 0 aliphatic carbocycles. The molecule has 0 radical (unpaired) electrons. The number of rotatable bonds is 6. The average Bonchev–Trinajstić information content (AvgIpc) is 2.44. The van der Waals surface area contributed by atoms with Gasteiger partial charge in [0.15, 0.2) is 0 Å². The van der Waals surface area contributed by atoms with Gasteiger partial charge < -0.3 is 10.5 Å². The van der Waals surface area contributed by atoms with E-state index in [-0.39, 0.29) is 12.5 Å². The van der Waals surface area contributed by atoms with Gasteiger partial charge in [-0.3, -0.25) is 4.79 Å². The molecule has 0 heterocycles. The van der Waals surface area contributed by atoms with Gasteiger partial charge in [0.05, 0.1) is 7.11 Å². The summed E-state index contributed by atoms with van der Waals surface area (Å²) >= 11 is 0. The number of ether oxygens (including phenoxy) is 1. The third kappa shape index (κ3) is 4.03. The molecule has 0 bridgehead atoms. The summed E-state index contributed by atoms with van der Waals surface area (Å²) < 4.78 is 4.63. The summed E-state index contributed by atoms with van der Waals surface area (Å²) in [7, 11) is 2.82. The maximum absolute atomic E-state index is 12.3. The van der Waals surface area contributed by atoms with E-state index in [9.17, 15) is 9.59 Å². The van der Waals surface area contributed by atoms with E-state index < -0.39 is 22.7 Å². The maximum Gasteiger partial charge on any atom is 0.550 e. The van der Waals surface area contributed by atoms with Crippen molar-refractivity contribution in [3.63, 3.8) is 0 Å². The Hall–Kier alpha value is -1.92. The fourth-order valence-corrected chi connectivity index (χ4v) is 2.29. The minimum absolute atomic E-state index is 0.112. The molecule has 6 nitrogen and oxygen atoms in total. The van der Waals surface area contributed by atoms with Crippen LogP contribution in [0.25, 0.3) is 0 Å². The third-order valence-corrected chi connectivity index (χ3v) is 3.40. The van der Waals surface area contributed by atoms with Crippen molar-refractivity contribution in [3.8, 4) is 0 Å². The van der Waals surface area contributed by atoms with E-state index >= 15 is 0 Å². The molecule has 0 aliphatic heterocycles. The summed E-state index contributed by atoms with van der Waals surface area (Å²) in [5.41, 5.74) is 6.26. The number of likely N-dealkylation sites (N-methyl/N-ethyl adjacent to an activating group) is 1. The SMILES string of the molecule is CO[N+](C)(C(=O)OCc1ccccc1)[C@H](C(N)=O)C(C)C. The Balaban J connectivity index is 2.86. The summed E-state index contributed by atoms with van der Waals surface area (Å²) in [4.78, 5) is 29.2. The minimum Gasteiger partial charge on any atom is -0.413 e. The van der Waals surface area contributed by atoms with Crippen LogP contribution >= 0.6 is 0 Å². The fraction of sp³-hybridized carbons (Fsp3) is 0.467. The van der Waals surface area contributed by atoms with Crippen molar-refractivity contribution in [2.75, 3.05) is 14.2 Å². The molecule has 21 heavy (non-hydrogen) atoms. The molecule has 2 amide bonds. The summed E-state index contributed by atoms with van der Waals surface area (Å²) in [6.07, 6.45) is -0.654. The van der Waals surface area contributed by atoms with E-state index in [1.54, 1.807) is 13.8 Å². The number of quaternary nitrogens is 1. The monoisotopic (exact) mass is 295 g/mol. The number of hydrogen-bond donors (Lipinski definition) is 1. The molecule has 1 aromatic carbocycles. The van der Waals surface area contributed by atoms with E-state index in [0.717, 1.165) is 5.56 Å². The Morgan fingerprint density at radius 3 is 2.24 bits per heavy atom. The average molecular weight is 295 g/mol. The number of nitrogens with zero attached hydrogens (tertiary/aromatic N) is 1. The van der Waals surface area contributed by atoms with Crippen LogP contribution in [0.15, 0.2) is 30.3 Å². The number of hydrogen-bond acceptors (Lipinski definition) is 4. The number of hydroxylamine groups is 3. The molecule has 0 saturated carbocycles. The first-order valence-corrected chi connectivity index (χ1v) is 6.75. The Kier molecular flexibility index (Phi) is 5.87. The van der Waals surface area contributed by atoms with Crippen LogP contribution in [0.3, 0.4) is 0 Å². The van der Waals surface area contributed by atoms with Crippen LogP contribution in [0.4, 0.5) is 4.79 Å². The first-order chi connectivity index (χ1) is 9.82. The van der Waals surface area contributed by atoms with Crippen LogP contribution in [0.2, 0.25) is 0 Å². The summed E-state index contributed by atoms with van der Waals surface area (Å²) in [5, 5.41) is 0. The molecule has 1 unspecified atom stereocenters. The fourth-order valence-electron chi connectivity index (χ4n) is 2.29. The van der Waals surface area contributed by atoms with Gasteiger partial charge in [0, 0.05) is 5.92 Å². The second-order valence-corrected chi connectivity index (χ2v) is 5.30. The highest BCUT2D eigenvalue weighted by molar-refractivity contribution is 5.80. The van der Waals surface area contributed by atoms with Crippen LogP contribution < -0.4 is 5.73 Å². The molecular formula is C15H23N2O4+. The Morgan fingerprint density at radius 2 is 1.81 bits per heavy atom. The van der Waals surface area contributed by atoms with Crippen molar-refractivity contribution in [1.29, 1.82) is 0 Å². The van der Waals surface area contributed by atoms with Crippen LogP contribution in [-0.4, -0.2) is 36.8 Å². The molecule has 116 valence electrons. The van der Waals surface area contributed by atoms with Gasteiger partial charge >= 0.3 is 6.09 Å². The second kappa shape index (κ2) is 7.19. The van der Waals surface area contributed by atoms with E-state index in [2.05, 4.69) is 0 Å². The van der Waals surface area contributed by atoms with Gasteiger partial charge in [0.2, 0.25) is 6.04 Å². The Bertz CT molecular complexity index is 490. The lowest BCUT2D eigenvalue weighted by atomic mass is 10.0. The molecule has 6 heteroatoms. The largest absolute Gasteiger partial charge is 0.550 e. The zero-order chi connectivity index (χ0) is 16.0. The topological polar surface area (TPSA) is 78.6 Å². The number of carbonyl (C=O) groups is 2. The lowest BCUT2D eigenvalue weighted by Gasteiger charge is -2.33. The standard InChI is InChI=1S/C15H22N2O4/c1-11(2)13(14(16)18)17(3,20-4)15(19)21-10-12-8-6-5-7-9-12/h5-9,11,13H,10H2,1-4H3,(H-,16,18)/p+1/t13-,17?/m0/s1. The molecular weight excluding hydrogens is 272 g/mol. The van der Waals surface area contributed by atoms with Crippen LogP contribution in [0.5, 0.6) is 0 Å². The number of amides is 2. The zero-order valence-electron chi connectivity index (χ0n) is 12.9. The van der Waals surface area contributed by atoms with Crippen molar-refractivity contribution in [1.82, 2.24) is 0 Å². The van der Waals surface area contributed by atoms with Gasteiger partial charge in [-0.2, -0.15) is 9.63 Å². The van der Waals surface area contributed by atoms with Crippen LogP contribution in [0, 0.1) is 5.92 Å². The number of benzene rings is 1. The second-order valence-electron chi connectivity index (χ2n) is 5.30. The molecule has 0 aliphatic rings. The predicted molar refractivity (Wildman–Crippen MR) is 77.6 cm³/mol. The summed E-state index contributed by atoms with van der Waals surface area (Å²) in [5.74, 6) is -0.775. The molecule has 2 atom stereocenters. The third-order valence-electron chi connectivity index (χ3n) is 3.40. The number of carbonyl (C=O) groups excluding carboxylic acids is 2. The highest BCUT2D eigenvalue weighted by Crippen LogP contribution is 2.21. The van der Waals surface area contributed by atoms with E-state index in [1.165, 1.54) is 14.2 Å². The van der Waals surface area contributed by atoms with Gasteiger partial charge in [-0.15, -0.1) is 0 Å². The van der Waals surface area contributed by atoms with Gasteiger partial charge in [-0.1, -0.05) is 48.8 Å². The smallest absolute Gasteiger partial charge is 0.413 e. The zero-order valence-corrected chi connectivity index (χ0v) is 12.9. The molecule has 0 aromatic heterocycles. The normalized spacial score (nSPS) is 15.3. The molecule has 0 spiro atoms. The van der Waals surface area contributed by atoms with Crippen molar-refractivity contribution in [2.45, 2.75) is 26.5 Å². The van der Waals surface area contributed by atoms with E-state index in [0.29, 0.717) is 0 Å². The van der Waals surface area contributed by atoms with E-state index in [1.807, 2.05) is 30.3 Å². The van der Waals surface area contributed by atoms with Crippen molar-refractivity contribution in [3.05, 3.63) is 35.9 Å². The van der Waals surface area contributed by atoms with Crippen LogP contribution in [0.1, 0.15) is 19.4 Å². The van der Waals surface area contributed by atoms with E-state index in [4.69, 9.17) is 15.3 Å². The lowest BCUT2D eigenvalue weighted by Crippen LogP contribution is -2.62. The van der Waals surface area contributed by atoms with Crippen molar-refractivity contribution < 1.29 is 23.8 Å². The number of nitrogens with two attached hydrogens (primary N) is 1. The quantitative estimate of drug-likeness (QED) is 0.641. The van der Waals surface area contributed by atoms with Crippen molar-refractivity contribution >= 4 is 12.0 Å². The molecule has 0 saturated heterocycles. The van der Waals surface area contributed by atoms with Gasteiger partial charge in [0.1, 0.15) is 13.7 Å².